The van der Waals surface area contributed by atoms with Crippen molar-refractivity contribution in [1.29, 1.82) is 0 Å². The molecule has 3 N–H and O–H groups in total. The highest BCUT2D eigenvalue weighted by Gasteiger charge is 2.19. The predicted molar refractivity (Wildman–Crippen MR) is 91.9 cm³/mol. The van der Waals surface area contributed by atoms with Crippen LogP contribution < -0.4 is 11.1 Å². The second kappa shape index (κ2) is 10.3. The largest absolute Gasteiger partial charge is 0.444 e. The summed E-state index contributed by atoms with van der Waals surface area (Å²) in [6.45, 7) is 8.97. The number of likely N-dealkylation sites (N-methyl/N-ethyl adjacent to an activating group) is 1. The number of nitrogens with two attached hydrogens (primary N) is 1. The van der Waals surface area contributed by atoms with Gasteiger partial charge in [0.05, 0.1) is 0 Å². The zero-order valence-electron chi connectivity index (χ0n) is 14.4. The lowest BCUT2D eigenvalue weighted by molar-refractivity contribution is 0.0521. The van der Waals surface area contributed by atoms with Crippen LogP contribution in [0.4, 0.5) is 4.79 Å². The molecule has 0 aliphatic carbocycles. The van der Waals surface area contributed by atoms with Crippen LogP contribution in [0.5, 0.6) is 0 Å². The van der Waals surface area contributed by atoms with E-state index in [0.29, 0.717) is 19.1 Å². The molecule has 0 saturated heterocycles. The molecule has 0 spiro atoms. The molecule has 0 bridgehead atoms. The standard InChI is InChI=1S/C15H33N3O2S/c1-12(8-10-21-6)18(5)13(11-16)7-9-17-14(19)20-15(2,3)4/h12-13H,7-11,16H2,1-6H3,(H,17,19). The molecule has 6 heteroatoms. The lowest BCUT2D eigenvalue weighted by atomic mass is 10.1. The minimum absolute atomic E-state index is 0.275. The van der Waals surface area contributed by atoms with Crippen LogP contribution in [0.25, 0.3) is 0 Å². The van der Waals surface area contributed by atoms with E-state index in [0.717, 1.165) is 18.6 Å². The number of amides is 1. The van der Waals surface area contributed by atoms with E-state index in [2.05, 4.69) is 30.4 Å². The van der Waals surface area contributed by atoms with Gasteiger partial charge in [0.15, 0.2) is 0 Å². The van der Waals surface area contributed by atoms with Crippen LogP contribution in [0.15, 0.2) is 0 Å². The van der Waals surface area contributed by atoms with Gasteiger partial charge in [-0.25, -0.2) is 4.79 Å². The quantitative estimate of drug-likeness (QED) is 0.682. The molecule has 0 heterocycles. The summed E-state index contributed by atoms with van der Waals surface area (Å²) in [6.07, 6.45) is 3.73. The maximum atomic E-state index is 11.6. The number of carbonyl (C=O) groups is 1. The minimum atomic E-state index is -0.458. The first-order chi connectivity index (χ1) is 9.71. The lowest BCUT2D eigenvalue weighted by Gasteiger charge is -2.32. The number of nitrogens with zero attached hydrogens (tertiary/aromatic N) is 1. The van der Waals surface area contributed by atoms with Crippen molar-refractivity contribution < 1.29 is 9.53 Å². The Bertz CT molecular complexity index is 295. The van der Waals surface area contributed by atoms with Gasteiger partial charge in [0.2, 0.25) is 0 Å². The Morgan fingerprint density at radius 3 is 2.48 bits per heavy atom. The van der Waals surface area contributed by atoms with Crippen molar-refractivity contribution in [3.8, 4) is 0 Å². The van der Waals surface area contributed by atoms with Gasteiger partial charge in [0.25, 0.3) is 0 Å². The number of thioether (sulfide) groups is 1. The molecule has 0 radical (unpaired) electrons. The Labute approximate surface area is 134 Å². The first-order valence-corrected chi connectivity index (χ1v) is 8.98. The molecule has 0 aliphatic heterocycles. The molecular formula is C15H33N3O2S. The first-order valence-electron chi connectivity index (χ1n) is 7.59. The predicted octanol–water partition coefficient (Wildman–Crippen LogP) is 2.30. The van der Waals surface area contributed by atoms with Gasteiger partial charge in [-0.15, -0.1) is 0 Å². The van der Waals surface area contributed by atoms with E-state index in [1.165, 1.54) is 0 Å². The summed E-state index contributed by atoms with van der Waals surface area (Å²) >= 11 is 1.86. The summed E-state index contributed by atoms with van der Waals surface area (Å²) in [4.78, 5) is 13.9. The zero-order chi connectivity index (χ0) is 16.5. The Kier molecular flexibility index (Phi) is 10.1. The summed E-state index contributed by atoms with van der Waals surface area (Å²) in [5.41, 5.74) is 5.41. The summed E-state index contributed by atoms with van der Waals surface area (Å²) in [5.74, 6) is 1.15. The van der Waals surface area contributed by atoms with Crippen LogP contribution in [-0.4, -0.2) is 60.8 Å². The fourth-order valence-electron chi connectivity index (χ4n) is 1.99. The average molecular weight is 320 g/mol. The molecular weight excluding hydrogens is 286 g/mol. The van der Waals surface area contributed by atoms with E-state index in [-0.39, 0.29) is 12.1 Å². The second-order valence-corrected chi connectivity index (χ2v) is 7.39. The third kappa shape index (κ3) is 9.98. The lowest BCUT2D eigenvalue weighted by Crippen LogP contribution is -2.45. The van der Waals surface area contributed by atoms with Gasteiger partial charge in [-0.1, -0.05) is 0 Å². The molecule has 21 heavy (non-hydrogen) atoms. The van der Waals surface area contributed by atoms with Crippen LogP contribution in [0.3, 0.4) is 0 Å². The Morgan fingerprint density at radius 2 is 2.00 bits per heavy atom. The second-order valence-electron chi connectivity index (χ2n) is 6.40. The molecule has 0 rings (SSSR count). The van der Waals surface area contributed by atoms with E-state index < -0.39 is 5.60 Å². The number of carbonyl (C=O) groups excluding carboxylic acids is 1. The van der Waals surface area contributed by atoms with Crippen molar-refractivity contribution in [2.24, 2.45) is 5.73 Å². The van der Waals surface area contributed by atoms with Crippen LogP contribution in [0.2, 0.25) is 0 Å². The highest BCUT2D eigenvalue weighted by atomic mass is 32.2. The van der Waals surface area contributed by atoms with E-state index in [1.54, 1.807) is 0 Å². The number of ether oxygens (including phenoxy) is 1. The van der Waals surface area contributed by atoms with Crippen LogP contribution in [0.1, 0.15) is 40.5 Å². The molecule has 5 nitrogen and oxygen atoms in total. The van der Waals surface area contributed by atoms with Crippen molar-refractivity contribution in [3.63, 3.8) is 0 Å². The normalized spacial score (nSPS) is 14.9. The summed E-state index contributed by atoms with van der Waals surface area (Å²) in [7, 11) is 2.11. The summed E-state index contributed by atoms with van der Waals surface area (Å²) in [6, 6.07) is 0.768. The molecule has 2 unspecified atom stereocenters. The maximum absolute atomic E-state index is 11.6. The first kappa shape index (κ1) is 20.5. The van der Waals surface area contributed by atoms with Crippen molar-refractivity contribution >= 4 is 17.9 Å². The summed E-state index contributed by atoms with van der Waals surface area (Å²) in [5, 5.41) is 2.79. The number of nitrogens with one attached hydrogen (secondary N) is 1. The fourth-order valence-corrected chi connectivity index (χ4v) is 2.57. The topological polar surface area (TPSA) is 67.6 Å². The van der Waals surface area contributed by atoms with E-state index in [1.807, 2.05) is 32.5 Å². The monoisotopic (exact) mass is 319 g/mol. The molecule has 0 aromatic heterocycles. The van der Waals surface area contributed by atoms with Gasteiger partial charge in [-0.2, -0.15) is 11.8 Å². The molecule has 126 valence electrons. The van der Waals surface area contributed by atoms with Gasteiger partial charge in [-0.3, -0.25) is 4.90 Å². The highest BCUT2D eigenvalue weighted by molar-refractivity contribution is 7.98. The number of hydrogen-bond donors (Lipinski definition) is 2. The van der Waals surface area contributed by atoms with Gasteiger partial charge < -0.3 is 15.8 Å². The maximum Gasteiger partial charge on any atom is 0.407 e. The zero-order valence-corrected chi connectivity index (χ0v) is 15.3. The van der Waals surface area contributed by atoms with E-state index >= 15 is 0 Å². The van der Waals surface area contributed by atoms with Gasteiger partial charge in [-0.05, 0) is 59.6 Å². The number of alkyl carbamates (subject to hydrolysis) is 1. The fraction of sp³-hybridized carbons (Fsp3) is 0.933. The van der Waals surface area contributed by atoms with Crippen LogP contribution >= 0.6 is 11.8 Å². The van der Waals surface area contributed by atoms with E-state index in [4.69, 9.17) is 10.5 Å². The highest BCUT2D eigenvalue weighted by Crippen LogP contribution is 2.11. The third-order valence-corrected chi connectivity index (χ3v) is 4.07. The Morgan fingerprint density at radius 1 is 1.38 bits per heavy atom. The van der Waals surface area contributed by atoms with Crippen molar-refractivity contribution in [1.82, 2.24) is 10.2 Å². The minimum Gasteiger partial charge on any atom is -0.444 e. The smallest absolute Gasteiger partial charge is 0.407 e. The summed E-state index contributed by atoms with van der Waals surface area (Å²) < 4.78 is 5.22. The molecule has 0 saturated carbocycles. The number of hydrogen-bond acceptors (Lipinski definition) is 5. The average Bonchev–Trinajstić information content (AvgIpc) is 2.38. The van der Waals surface area contributed by atoms with E-state index in [9.17, 15) is 4.79 Å². The Balaban J connectivity index is 4.12. The molecule has 0 fully saturated rings. The SMILES string of the molecule is CSCCC(C)N(C)C(CN)CCNC(=O)OC(C)(C)C. The molecule has 0 aliphatic rings. The van der Waals surface area contributed by atoms with Crippen molar-refractivity contribution in [3.05, 3.63) is 0 Å². The molecule has 2 atom stereocenters. The van der Waals surface area contributed by atoms with Crippen molar-refractivity contribution in [2.75, 3.05) is 32.1 Å². The van der Waals surface area contributed by atoms with Crippen LogP contribution in [-0.2, 0) is 4.74 Å². The molecule has 0 aromatic rings. The van der Waals surface area contributed by atoms with Gasteiger partial charge in [0.1, 0.15) is 5.60 Å². The third-order valence-electron chi connectivity index (χ3n) is 3.43. The van der Waals surface area contributed by atoms with Gasteiger partial charge in [0, 0.05) is 25.2 Å². The molecule has 0 aromatic carbocycles. The van der Waals surface area contributed by atoms with Crippen LogP contribution in [0, 0.1) is 0 Å². The van der Waals surface area contributed by atoms with Gasteiger partial charge >= 0.3 is 6.09 Å². The Hall–Kier alpha value is -0.460. The molecule has 1 amide bonds. The van der Waals surface area contributed by atoms with Crippen molar-refractivity contribution in [2.45, 2.75) is 58.2 Å². The number of rotatable bonds is 9.